The van der Waals surface area contributed by atoms with Crippen molar-refractivity contribution in [3.63, 3.8) is 0 Å². The lowest BCUT2D eigenvalue weighted by molar-refractivity contribution is -0.274. The minimum atomic E-state index is -4.75. The van der Waals surface area contributed by atoms with Gasteiger partial charge in [-0.25, -0.2) is 19.6 Å². The molecule has 3 heterocycles. The highest BCUT2D eigenvalue weighted by Crippen LogP contribution is 2.34. The van der Waals surface area contributed by atoms with E-state index in [1.54, 1.807) is 11.0 Å². The van der Waals surface area contributed by atoms with E-state index in [1.165, 1.54) is 47.0 Å². The molecule has 6 rings (SSSR count). The van der Waals surface area contributed by atoms with Crippen molar-refractivity contribution in [1.29, 1.82) is 0 Å². The van der Waals surface area contributed by atoms with Crippen molar-refractivity contribution in [3.05, 3.63) is 90.8 Å². The van der Waals surface area contributed by atoms with Gasteiger partial charge in [-0.2, -0.15) is 0 Å². The van der Waals surface area contributed by atoms with Gasteiger partial charge in [0.05, 0.1) is 22.6 Å². The van der Waals surface area contributed by atoms with Crippen molar-refractivity contribution in [2.75, 3.05) is 10.7 Å². The van der Waals surface area contributed by atoms with Crippen LogP contribution in [0.15, 0.2) is 90.2 Å². The van der Waals surface area contributed by atoms with E-state index in [0.717, 1.165) is 22.2 Å². The van der Waals surface area contributed by atoms with Crippen LogP contribution in [0.25, 0.3) is 28.0 Å². The molecule has 212 valence electrons. The van der Waals surface area contributed by atoms with E-state index in [9.17, 15) is 18.0 Å². The number of hydrogen-bond donors (Lipinski definition) is 0. The van der Waals surface area contributed by atoms with Crippen LogP contribution >= 0.6 is 11.8 Å². The topological polar surface area (TPSA) is 85.5 Å². The largest absolute Gasteiger partial charge is 0.573 e. The number of hydrogen-bond acceptors (Lipinski definition) is 7. The fraction of sp³-hybridized carbons (Fsp3) is 0.167. The Hall–Kier alpha value is -4.71. The number of amides is 1. The molecule has 0 atom stereocenters. The average molecular weight is 589 g/mol. The van der Waals surface area contributed by atoms with Gasteiger partial charge in [0.15, 0.2) is 16.8 Å². The first kappa shape index (κ1) is 27.5. The molecule has 8 nitrogen and oxygen atoms in total. The van der Waals surface area contributed by atoms with E-state index >= 15 is 0 Å². The third-order valence-corrected chi connectivity index (χ3v) is 7.46. The van der Waals surface area contributed by atoms with E-state index in [1.807, 2.05) is 48.5 Å². The molecule has 0 bridgehead atoms. The zero-order chi connectivity index (χ0) is 29.4. The number of aliphatic imine (C=N–C) groups is 1. The van der Waals surface area contributed by atoms with Crippen LogP contribution in [0.3, 0.4) is 0 Å². The number of halogens is 3. The number of amidine groups is 1. The number of fused-ring (bicyclic) bond motifs is 1. The number of rotatable bonds is 6. The quantitative estimate of drug-likeness (QED) is 0.207. The van der Waals surface area contributed by atoms with Crippen LogP contribution in [-0.4, -0.2) is 42.9 Å². The molecule has 3 aromatic carbocycles. The van der Waals surface area contributed by atoms with Gasteiger partial charge in [-0.15, -0.1) is 18.3 Å². The predicted octanol–water partition coefficient (Wildman–Crippen LogP) is 7.27. The first-order valence-electron chi connectivity index (χ1n) is 13.0. The van der Waals surface area contributed by atoms with Crippen LogP contribution in [0, 0.1) is 0 Å². The lowest BCUT2D eigenvalue weighted by atomic mass is 10.0. The summed E-state index contributed by atoms with van der Waals surface area (Å²) in [6, 6.07) is 22.5. The fourth-order valence-electron chi connectivity index (χ4n) is 4.60. The van der Waals surface area contributed by atoms with Crippen LogP contribution in [0.1, 0.15) is 25.3 Å². The van der Waals surface area contributed by atoms with Gasteiger partial charge >= 0.3 is 6.36 Å². The predicted molar refractivity (Wildman–Crippen MR) is 156 cm³/mol. The van der Waals surface area contributed by atoms with Gasteiger partial charge in [-0.3, -0.25) is 9.69 Å². The smallest absolute Gasteiger partial charge is 0.406 e. The molecular formula is C30H23F3N6O2S. The van der Waals surface area contributed by atoms with Crippen molar-refractivity contribution in [2.24, 2.45) is 4.99 Å². The van der Waals surface area contributed by atoms with E-state index < -0.39 is 6.36 Å². The summed E-state index contributed by atoms with van der Waals surface area (Å²) < 4.78 is 42.7. The number of carbonyl (C=O) groups excluding carboxylic acids is 1. The second-order valence-electron chi connectivity index (χ2n) is 9.76. The molecule has 1 aliphatic rings. The van der Waals surface area contributed by atoms with Gasteiger partial charge in [-0.05, 0) is 72.1 Å². The first-order valence-corrected chi connectivity index (χ1v) is 14.0. The number of aromatic nitrogens is 4. The Morgan fingerprint density at radius 3 is 2.55 bits per heavy atom. The average Bonchev–Trinajstić information content (AvgIpc) is 3.59. The lowest BCUT2D eigenvalue weighted by Gasteiger charge is -2.21. The minimum absolute atomic E-state index is 0.0187. The van der Waals surface area contributed by atoms with Gasteiger partial charge in [0.2, 0.25) is 5.91 Å². The Bertz CT molecular complexity index is 1820. The molecular weight excluding hydrogens is 565 g/mol. The van der Waals surface area contributed by atoms with Crippen LogP contribution in [0.5, 0.6) is 5.75 Å². The molecule has 1 fully saturated rings. The summed E-state index contributed by atoms with van der Waals surface area (Å²) in [5.41, 5.74) is 3.90. The molecule has 42 heavy (non-hydrogen) atoms. The highest BCUT2D eigenvalue weighted by atomic mass is 32.2. The van der Waals surface area contributed by atoms with Crippen LogP contribution in [-0.2, 0) is 4.79 Å². The maximum Gasteiger partial charge on any atom is 0.573 e. The Kier molecular flexibility index (Phi) is 7.15. The second-order valence-corrected chi connectivity index (χ2v) is 10.7. The van der Waals surface area contributed by atoms with Gasteiger partial charge in [-0.1, -0.05) is 43.8 Å². The third kappa shape index (κ3) is 5.70. The van der Waals surface area contributed by atoms with E-state index in [-0.39, 0.29) is 17.6 Å². The number of para-hydroxylation sites is 1. The first-order chi connectivity index (χ1) is 20.1. The maximum absolute atomic E-state index is 12.8. The Labute approximate surface area is 242 Å². The summed E-state index contributed by atoms with van der Waals surface area (Å²) in [6.07, 6.45) is -3.27. The van der Waals surface area contributed by atoms with Gasteiger partial charge in [0.1, 0.15) is 12.1 Å². The number of benzene rings is 3. The van der Waals surface area contributed by atoms with Gasteiger partial charge < -0.3 is 4.74 Å². The molecule has 0 unspecified atom stereocenters. The molecule has 2 aromatic heterocycles. The summed E-state index contributed by atoms with van der Waals surface area (Å²) in [4.78, 5) is 28.3. The fourth-order valence-corrected chi connectivity index (χ4v) is 5.46. The van der Waals surface area contributed by atoms with E-state index in [0.29, 0.717) is 33.8 Å². The molecule has 0 radical (unpaired) electrons. The zero-order valence-electron chi connectivity index (χ0n) is 22.4. The van der Waals surface area contributed by atoms with Crippen molar-refractivity contribution in [2.45, 2.75) is 26.1 Å². The summed E-state index contributed by atoms with van der Waals surface area (Å²) in [6.45, 7) is 4.19. The lowest BCUT2D eigenvalue weighted by Crippen LogP contribution is -2.30. The summed E-state index contributed by atoms with van der Waals surface area (Å²) in [7, 11) is 0. The molecule has 12 heteroatoms. The van der Waals surface area contributed by atoms with Crippen molar-refractivity contribution >= 4 is 45.2 Å². The van der Waals surface area contributed by atoms with Gasteiger partial charge in [0, 0.05) is 10.9 Å². The number of thioether (sulfide) groups is 1. The summed E-state index contributed by atoms with van der Waals surface area (Å²) >= 11 is 1.39. The summed E-state index contributed by atoms with van der Waals surface area (Å²) in [5, 5.41) is 5.90. The highest BCUT2D eigenvalue weighted by molar-refractivity contribution is 8.15. The Morgan fingerprint density at radius 2 is 1.79 bits per heavy atom. The number of carbonyl (C=O) groups is 1. The maximum atomic E-state index is 12.8. The van der Waals surface area contributed by atoms with Crippen LogP contribution < -0.4 is 9.64 Å². The van der Waals surface area contributed by atoms with Crippen molar-refractivity contribution in [1.82, 2.24) is 19.7 Å². The third-order valence-electron chi connectivity index (χ3n) is 6.53. The number of alkyl halides is 3. The minimum Gasteiger partial charge on any atom is -0.406 e. The summed E-state index contributed by atoms with van der Waals surface area (Å²) in [5.74, 6) is 1.15. The van der Waals surface area contributed by atoms with E-state index in [2.05, 4.69) is 28.7 Å². The second kappa shape index (κ2) is 10.9. The highest BCUT2D eigenvalue weighted by Gasteiger charge is 2.32. The number of anilines is 1. The molecule has 0 N–H and O–H groups in total. The molecule has 0 aliphatic carbocycles. The zero-order valence-corrected chi connectivity index (χ0v) is 23.2. The SMILES string of the molecule is CC(C)c1ccccc1N1C(=O)CSC1=Nc1ccc2cc(-c3ncn(-c4ccc(OC(F)(F)F)cc4)n3)ccc2n1. The standard InChI is InChI=1S/C30H23F3N6O2S/c1-18(2)23-5-3-4-6-25(23)39-27(40)16-42-29(39)36-26-14-8-19-15-20(7-13-24(19)35-26)28-34-17-38(37-28)21-9-11-22(12-10-21)41-30(31,32)33/h3-15,17-18H,16H2,1-2H3. The molecule has 0 spiro atoms. The van der Waals surface area contributed by atoms with Crippen molar-refractivity contribution in [3.8, 4) is 22.8 Å². The van der Waals surface area contributed by atoms with Gasteiger partial charge in [0.25, 0.3) is 0 Å². The van der Waals surface area contributed by atoms with E-state index in [4.69, 9.17) is 9.98 Å². The van der Waals surface area contributed by atoms with Crippen LogP contribution in [0.2, 0.25) is 0 Å². The molecule has 0 saturated carbocycles. The molecule has 1 saturated heterocycles. The van der Waals surface area contributed by atoms with Crippen LogP contribution in [0.4, 0.5) is 24.7 Å². The Morgan fingerprint density at radius 1 is 1.00 bits per heavy atom. The molecule has 1 amide bonds. The Balaban J connectivity index is 1.24. The number of nitrogens with zero attached hydrogens (tertiary/aromatic N) is 6. The number of ether oxygens (including phenoxy) is 1. The molecule has 5 aromatic rings. The normalized spacial score (nSPS) is 14.9. The monoisotopic (exact) mass is 588 g/mol. The number of pyridine rings is 1. The van der Waals surface area contributed by atoms with Crippen molar-refractivity contribution < 1.29 is 22.7 Å². The molecule has 1 aliphatic heterocycles.